The maximum atomic E-state index is 13.1. The molecule has 6 aliphatic heterocycles. The molecule has 0 bridgehead atoms. The second-order valence-electron chi connectivity index (χ2n) is 21.2. The van der Waals surface area contributed by atoms with Gasteiger partial charge in [-0.3, -0.25) is 36.7 Å². The highest BCUT2D eigenvalue weighted by Gasteiger charge is 2.62. The minimum Gasteiger partial charge on any atom is -0.479 e. The molecule has 0 aliphatic carbocycles. The largest absolute Gasteiger partial charge is 0.479 e. The molecule has 0 aromatic rings. The van der Waals surface area contributed by atoms with Crippen molar-refractivity contribution in [3.8, 4) is 0 Å². The molecule has 6 heterocycles. The van der Waals surface area contributed by atoms with Crippen molar-refractivity contribution in [2.45, 2.75) is 179 Å². The number of methoxy groups -OCH3 is 1. The number of aliphatic hydroxyl groups is 7. The van der Waals surface area contributed by atoms with Crippen LogP contribution in [0, 0.1) is 0 Å². The van der Waals surface area contributed by atoms with Gasteiger partial charge in [-0.25, -0.2) is 35.3 Å². The first-order chi connectivity index (χ1) is 46.1. The van der Waals surface area contributed by atoms with E-state index in [-0.39, 0.29) is 0 Å². The molecule has 0 spiro atoms. The van der Waals surface area contributed by atoms with Crippen molar-refractivity contribution in [2.24, 2.45) is 0 Å². The third-order valence-electron chi connectivity index (χ3n) is 14.2. The zero-order valence-corrected chi connectivity index (χ0v) is 55.3. The molecule has 0 saturated carbocycles. The smallest absolute Gasteiger partial charge is 0.397 e. The van der Waals surface area contributed by atoms with Gasteiger partial charge >= 0.3 is 90.5 Å². The molecule has 5 fully saturated rings. The molecular formula is C39H61N3O52S7. The molecule has 0 unspecified atom stereocenters. The van der Waals surface area contributed by atoms with Gasteiger partial charge in [0, 0.05) is 14.0 Å². The zero-order chi connectivity index (χ0) is 76.5. The lowest BCUT2D eigenvalue weighted by molar-refractivity contribution is -0.374. The van der Waals surface area contributed by atoms with Gasteiger partial charge in [-0.1, -0.05) is 0 Å². The number of carbonyl (C=O) groups is 4. The van der Waals surface area contributed by atoms with Crippen LogP contribution >= 0.6 is 0 Å². The van der Waals surface area contributed by atoms with E-state index >= 15 is 0 Å². The SMILES string of the molecule is CO[C@H]1O[C@H](COS(=O)(=O)O)[C@@H](O[C@@H]2O[C@@H](C(=O)O)[C@@H](O[C@H]3O[C@H](COS(=O)(=O)O)[C@@H](O[C@@H]4O[C@H](C(=O)O)[C@@H](O[C@H]5O[C@H](COS(=O)(=O)O)[C@@H](O[C@@H]6OC(C(=O)O)=C[C@H](O)[C@H]6O)[C@H](O)[C@H]5NC(C)=O)[C@H](O)[C@H]4O)[C@H](OS(=O)(=O)O)[C@H]3NS(=O)(=O)O)[C@H](O)[C@H]2OS(=O)(=O)O)[C@H](O)[C@H]1NS(=O)(=O)O. The topological polar surface area (TPSA) is 844 Å². The maximum absolute atomic E-state index is 13.1. The van der Waals surface area contributed by atoms with Crippen LogP contribution < -0.4 is 14.8 Å². The molecule has 586 valence electrons. The number of hydrogen-bond acceptors (Lipinski definition) is 42. The molecule has 0 aromatic heterocycles. The predicted octanol–water partition coefficient (Wildman–Crippen LogP) is -13.9. The third kappa shape index (κ3) is 23.9. The number of hydrogen-bond donors (Lipinski definition) is 20. The first kappa shape index (κ1) is 85.7. The van der Waals surface area contributed by atoms with Crippen LogP contribution in [0.5, 0.6) is 0 Å². The van der Waals surface area contributed by atoms with Gasteiger partial charge in [0.1, 0.15) is 116 Å². The first-order valence-electron chi connectivity index (χ1n) is 26.9. The molecule has 101 heavy (non-hydrogen) atoms. The number of amides is 1. The molecule has 0 radical (unpaired) electrons. The van der Waals surface area contributed by atoms with Crippen LogP contribution in [0.1, 0.15) is 6.92 Å². The van der Waals surface area contributed by atoms with E-state index in [1.807, 2.05) is 5.32 Å². The molecule has 55 nitrogen and oxygen atoms in total. The fourth-order valence-electron chi connectivity index (χ4n) is 10.3. The lowest BCUT2D eigenvalue weighted by Crippen LogP contribution is -2.71. The van der Waals surface area contributed by atoms with Crippen LogP contribution in [0.4, 0.5) is 0 Å². The summed E-state index contributed by atoms with van der Waals surface area (Å²) in [6.07, 6.45) is -69.6. The Morgan fingerprint density at radius 3 is 1.23 bits per heavy atom. The second-order valence-corrected chi connectivity index (χ2v) is 29.0. The fourth-order valence-corrected chi connectivity index (χ4v) is 13.4. The van der Waals surface area contributed by atoms with Crippen LogP contribution in [-0.2, 0) is 170 Å². The number of aliphatic carboxylic acids is 3. The number of ether oxygens (including phenoxy) is 12. The Balaban J connectivity index is 1.40. The van der Waals surface area contributed by atoms with Gasteiger partial charge in [-0.05, 0) is 6.08 Å². The molecule has 1 amide bonds. The highest BCUT2D eigenvalue weighted by atomic mass is 32.3. The molecule has 62 heteroatoms. The summed E-state index contributed by atoms with van der Waals surface area (Å²) in [5, 5.41) is 112. The van der Waals surface area contributed by atoms with Gasteiger partial charge in [0.05, 0.1) is 19.8 Å². The number of rotatable bonds is 32. The van der Waals surface area contributed by atoms with Crippen molar-refractivity contribution in [3.63, 3.8) is 0 Å². The molecule has 6 rings (SSSR count). The Bertz CT molecular complexity index is 3810. The quantitative estimate of drug-likeness (QED) is 0.0278. The van der Waals surface area contributed by atoms with E-state index in [4.69, 9.17) is 56.8 Å². The van der Waals surface area contributed by atoms with Gasteiger partial charge in [-0.15, -0.1) is 0 Å². The number of carboxylic acids is 3. The standard InChI is InChI=1S/C39H61N3O52S7/c1-7(43)40-13-17(46)22(86-37-16(45)8(44)3-9(82-37)31(51)52)11(5-80-98(66,67)68)84-35(13)89-26-19(48)20(49)38(91-29(26)32(53)54)88-24-12(6-81-99(69,70)71)85-36(15(42-96(60,61)62)25(24)93-100(72,73)74)90-27-21(50)28(94-101(75,76)77)39(92-30(27)33(55)56)87-23-10(4-79-97(63,64)65)83-34(78-2)14(18(23)47)41-95(57,58)59/h3,8,10-30,34-39,41-42,44-50H,4-6H2,1-2H3,(H,40,43)(H,51,52)(H,53,54)(H,55,56)(H,57,58,59)(H,60,61,62)(H,63,64,65)(H,66,67,68)(H,69,70,71)(H,72,73,74)(H,75,76,77)/t8-,10+,11+,12+,13+,14+,15+,16+,17+,18+,19+,20+,21-,22+,23+,24+,25+,26-,27-,28+,29-,30+,34-,35+,36+,37-,38+,39+/m0/s1. The monoisotopic (exact) mass is 1630 g/mol. The third-order valence-corrected chi connectivity index (χ3v) is 17.6. The van der Waals surface area contributed by atoms with E-state index in [9.17, 15) is 161 Å². The summed E-state index contributed by atoms with van der Waals surface area (Å²) in [6.45, 7) is -4.40. The molecular weight excluding hydrogens is 1570 g/mol. The number of carbonyl (C=O) groups excluding carboxylic acids is 1. The highest BCUT2D eigenvalue weighted by Crippen LogP contribution is 2.39. The first-order valence-corrected chi connectivity index (χ1v) is 36.6. The maximum Gasteiger partial charge on any atom is 0.397 e. The van der Waals surface area contributed by atoms with Crippen molar-refractivity contribution in [1.82, 2.24) is 14.8 Å². The summed E-state index contributed by atoms with van der Waals surface area (Å²) in [5.41, 5.74) is 0. The molecule has 5 saturated heterocycles. The van der Waals surface area contributed by atoms with Gasteiger partial charge in [-0.2, -0.15) is 68.4 Å². The predicted molar refractivity (Wildman–Crippen MR) is 292 cm³/mol. The van der Waals surface area contributed by atoms with Crippen LogP contribution in [-0.4, -0.2) is 364 Å². The average Bonchev–Trinajstić information content (AvgIpc) is 0.765. The van der Waals surface area contributed by atoms with Crippen molar-refractivity contribution in [3.05, 3.63) is 11.8 Å². The van der Waals surface area contributed by atoms with Crippen molar-refractivity contribution in [1.29, 1.82) is 0 Å². The summed E-state index contributed by atoms with van der Waals surface area (Å²) in [5.74, 6) is -9.08. The van der Waals surface area contributed by atoms with E-state index in [0.29, 0.717) is 6.08 Å². The van der Waals surface area contributed by atoms with E-state index in [0.717, 1.165) is 18.8 Å². The van der Waals surface area contributed by atoms with E-state index in [1.54, 1.807) is 0 Å². The Morgan fingerprint density at radius 1 is 0.416 bits per heavy atom. The van der Waals surface area contributed by atoms with Crippen molar-refractivity contribution in [2.75, 3.05) is 26.9 Å². The Labute approximate surface area is 565 Å². The van der Waals surface area contributed by atoms with Gasteiger partial charge < -0.3 is 113 Å². The number of carboxylic acid groups (broad SMARTS) is 3. The lowest BCUT2D eigenvalue weighted by atomic mass is 9.94. The van der Waals surface area contributed by atoms with Crippen molar-refractivity contribution < 1.29 is 239 Å². The minimum atomic E-state index is -6.38. The summed E-state index contributed by atoms with van der Waals surface area (Å²) in [4.78, 5) is 50.5. The Morgan fingerprint density at radius 2 is 0.802 bits per heavy atom. The van der Waals surface area contributed by atoms with Crippen LogP contribution in [0.15, 0.2) is 11.8 Å². The summed E-state index contributed by atoms with van der Waals surface area (Å²) >= 11 is 0. The molecule has 28 atom stereocenters. The van der Waals surface area contributed by atoms with Gasteiger partial charge in [0.25, 0.3) is 0 Å². The number of nitrogens with one attached hydrogen (secondary N) is 3. The summed E-state index contributed by atoms with van der Waals surface area (Å²) in [6, 6.07) is -7.90. The number of aliphatic hydroxyl groups excluding tert-OH is 7. The zero-order valence-electron chi connectivity index (χ0n) is 49.6. The Hall–Kier alpha value is -4.21. The van der Waals surface area contributed by atoms with Crippen LogP contribution in [0.25, 0.3) is 0 Å². The second kappa shape index (κ2) is 33.3. The summed E-state index contributed by atoms with van der Waals surface area (Å²) < 4.78 is 327. The van der Waals surface area contributed by atoms with E-state index in [2.05, 4.69) is 20.9 Å². The van der Waals surface area contributed by atoms with Gasteiger partial charge in [0.2, 0.25) is 18.0 Å². The fraction of sp³-hybridized carbons (Fsp3) is 0.846. The average molecular weight is 1630 g/mol. The van der Waals surface area contributed by atoms with Gasteiger partial charge in [0.15, 0.2) is 49.8 Å². The molecule has 20 N–H and O–H groups in total. The Kier molecular flexibility index (Phi) is 28.3. The lowest BCUT2D eigenvalue weighted by Gasteiger charge is -2.50. The van der Waals surface area contributed by atoms with Crippen LogP contribution in [0.2, 0.25) is 0 Å². The molecule has 0 aromatic carbocycles. The minimum absolute atomic E-state index is 0.470. The summed E-state index contributed by atoms with van der Waals surface area (Å²) in [7, 11) is -40.5. The van der Waals surface area contributed by atoms with Crippen molar-refractivity contribution >= 4 is 96.4 Å². The normalized spacial score (nSPS) is 38.7. The van der Waals surface area contributed by atoms with E-state index < -0.39 is 294 Å². The highest BCUT2D eigenvalue weighted by molar-refractivity contribution is 7.84. The van der Waals surface area contributed by atoms with E-state index in [1.165, 1.54) is 4.72 Å². The van der Waals surface area contributed by atoms with Crippen LogP contribution in [0.3, 0.4) is 0 Å². The molecule has 6 aliphatic rings.